The second kappa shape index (κ2) is 4.61. The summed E-state index contributed by atoms with van der Waals surface area (Å²) >= 11 is 0. The number of rotatable bonds is 1. The van der Waals surface area contributed by atoms with Gasteiger partial charge in [-0.3, -0.25) is 0 Å². The van der Waals surface area contributed by atoms with E-state index in [4.69, 9.17) is 0 Å². The molecule has 1 aromatic carbocycles. The van der Waals surface area contributed by atoms with Crippen LogP contribution >= 0.6 is 0 Å². The second-order valence-electron chi connectivity index (χ2n) is 1.74. The molecule has 0 radical (unpaired) electrons. The van der Waals surface area contributed by atoms with Crippen LogP contribution in [0.2, 0.25) is 0 Å². The van der Waals surface area contributed by atoms with Crippen molar-refractivity contribution in [3.05, 3.63) is 35.9 Å². The van der Waals surface area contributed by atoms with Gasteiger partial charge in [0.2, 0.25) is 0 Å². The van der Waals surface area contributed by atoms with E-state index in [9.17, 15) is 0 Å². The molecule has 0 saturated heterocycles. The van der Waals surface area contributed by atoms with Crippen molar-refractivity contribution < 1.29 is 17.4 Å². The smallest absolute Gasteiger partial charge is 0 e. The van der Waals surface area contributed by atoms with Crippen LogP contribution in [0.3, 0.4) is 0 Å². The topological polar surface area (TPSA) is 0 Å². The van der Waals surface area contributed by atoms with Crippen LogP contribution in [0.25, 0.3) is 0 Å². The quantitative estimate of drug-likeness (QED) is 0.547. The van der Waals surface area contributed by atoms with E-state index < -0.39 is 0 Å². The first-order chi connectivity index (χ1) is 3.93. The monoisotopic (exact) mass is 157 g/mol. The first-order valence-electron chi connectivity index (χ1n) is 2.89. The van der Waals surface area contributed by atoms with E-state index in [0.29, 0.717) is 0 Å². The summed E-state index contributed by atoms with van der Waals surface area (Å²) in [5.41, 5.74) is 1.28. The van der Waals surface area contributed by atoms with Crippen LogP contribution in [-0.4, -0.2) is 0 Å². The largest absolute Gasteiger partial charge is 0.180 e. The molecule has 0 aromatic heterocycles. The molecule has 0 spiro atoms. The zero-order valence-electron chi connectivity index (χ0n) is 5.42. The number of benzene rings is 1. The number of hydrogen-bond donors (Lipinski definition) is 0. The molecule has 1 heteroatoms. The van der Waals surface area contributed by atoms with E-state index in [2.05, 4.69) is 19.1 Å². The van der Waals surface area contributed by atoms with Gasteiger partial charge in [-0.05, 0) is 0 Å². The summed E-state index contributed by atoms with van der Waals surface area (Å²) in [6.07, 6.45) is 1.08. The summed E-state index contributed by atoms with van der Waals surface area (Å²) in [5.74, 6) is 0. The van der Waals surface area contributed by atoms with Gasteiger partial charge in [-0.15, -0.1) is 0 Å². The fourth-order valence-electron chi connectivity index (χ4n) is 0.650. The first kappa shape index (κ1) is 8.75. The Morgan fingerprint density at radius 2 is 2.22 bits per heavy atom. The Morgan fingerprint density at radius 1 is 1.44 bits per heavy atom. The molecule has 0 saturated carbocycles. The SMILES string of the molecule is CCc1[c-]cccc1.[Cr]. The standard InChI is InChI=1S/C8H9.Cr/c1-2-8-6-4-3-5-7-8;/h3-6H,2H2,1H3;/q-1;. The van der Waals surface area contributed by atoms with Crippen LogP contribution < -0.4 is 0 Å². The predicted octanol–water partition coefficient (Wildman–Crippen LogP) is 2.05. The van der Waals surface area contributed by atoms with Gasteiger partial charge >= 0.3 is 0 Å². The molecule has 0 bridgehead atoms. The van der Waals surface area contributed by atoms with Gasteiger partial charge in [-0.1, -0.05) is 13.3 Å². The number of hydrogen-bond acceptors (Lipinski definition) is 0. The van der Waals surface area contributed by atoms with Crippen LogP contribution in [0.5, 0.6) is 0 Å². The molecule has 0 aliphatic heterocycles. The Balaban J connectivity index is 0.000000640. The van der Waals surface area contributed by atoms with Crippen LogP contribution in [-0.2, 0) is 23.8 Å². The molecule has 0 amide bonds. The maximum absolute atomic E-state index is 3.12. The minimum absolute atomic E-state index is 0. The fourth-order valence-corrected chi connectivity index (χ4v) is 0.650. The van der Waals surface area contributed by atoms with Crippen molar-refractivity contribution in [3.8, 4) is 0 Å². The van der Waals surface area contributed by atoms with Gasteiger partial charge in [0.05, 0.1) is 0 Å². The van der Waals surface area contributed by atoms with E-state index >= 15 is 0 Å². The summed E-state index contributed by atoms with van der Waals surface area (Å²) in [6.45, 7) is 2.13. The molecule has 0 unspecified atom stereocenters. The maximum atomic E-state index is 3.12. The summed E-state index contributed by atoms with van der Waals surface area (Å²) < 4.78 is 0. The van der Waals surface area contributed by atoms with Gasteiger partial charge in [-0.2, -0.15) is 35.9 Å². The van der Waals surface area contributed by atoms with Crippen molar-refractivity contribution in [1.82, 2.24) is 0 Å². The van der Waals surface area contributed by atoms with E-state index in [-0.39, 0.29) is 17.4 Å². The molecular formula is C8H9Cr-. The molecule has 0 heterocycles. The van der Waals surface area contributed by atoms with Crippen LogP contribution in [0, 0.1) is 6.07 Å². The molecule has 0 aliphatic rings. The Bertz CT molecular complexity index is 146. The molecule has 48 valence electrons. The Labute approximate surface area is 67.0 Å². The minimum Gasteiger partial charge on any atom is -0.180 e. The van der Waals surface area contributed by atoms with Crippen molar-refractivity contribution in [3.63, 3.8) is 0 Å². The molecule has 0 nitrogen and oxygen atoms in total. The Hall–Kier alpha value is -0.248. The van der Waals surface area contributed by atoms with Crippen LogP contribution in [0.4, 0.5) is 0 Å². The van der Waals surface area contributed by atoms with Gasteiger partial charge in [0.15, 0.2) is 0 Å². The molecule has 0 N–H and O–H groups in total. The zero-order chi connectivity index (χ0) is 5.82. The summed E-state index contributed by atoms with van der Waals surface area (Å²) in [6, 6.07) is 11.2. The van der Waals surface area contributed by atoms with Crippen molar-refractivity contribution in [2.45, 2.75) is 13.3 Å². The van der Waals surface area contributed by atoms with Gasteiger partial charge in [0.1, 0.15) is 0 Å². The second-order valence-corrected chi connectivity index (χ2v) is 1.74. The minimum atomic E-state index is 0. The van der Waals surface area contributed by atoms with Crippen molar-refractivity contribution in [1.29, 1.82) is 0 Å². The zero-order valence-corrected chi connectivity index (χ0v) is 6.70. The summed E-state index contributed by atoms with van der Waals surface area (Å²) in [4.78, 5) is 0. The molecule has 0 aliphatic carbocycles. The Kier molecular flexibility index (Phi) is 4.49. The number of aryl methyl sites for hydroxylation is 1. The third-order valence-electron chi connectivity index (χ3n) is 1.15. The van der Waals surface area contributed by atoms with Gasteiger partial charge in [0.25, 0.3) is 0 Å². The summed E-state index contributed by atoms with van der Waals surface area (Å²) in [7, 11) is 0. The van der Waals surface area contributed by atoms with E-state index in [1.807, 2.05) is 18.2 Å². The van der Waals surface area contributed by atoms with Crippen molar-refractivity contribution in [2.24, 2.45) is 0 Å². The maximum Gasteiger partial charge on any atom is 0 e. The summed E-state index contributed by atoms with van der Waals surface area (Å²) in [5, 5.41) is 0. The van der Waals surface area contributed by atoms with Gasteiger partial charge < -0.3 is 0 Å². The van der Waals surface area contributed by atoms with E-state index in [1.165, 1.54) is 5.56 Å². The molecule has 0 fully saturated rings. The fraction of sp³-hybridized carbons (Fsp3) is 0.250. The Morgan fingerprint density at radius 3 is 2.56 bits per heavy atom. The molecule has 1 aromatic rings. The van der Waals surface area contributed by atoms with Crippen LogP contribution in [0.15, 0.2) is 24.3 Å². The molecule has 1 rings (SSSR count). The average molecular weight is 157 g/mol. The molecule has 9 heavy (non-hydrogen) atoms. The molecule has 0 atom stereocenters. The van der Waals surface area contributed by atoms with Crippen LogP contribution in [0.1, 0.15) is 12.5 Å². The average Bonchev–Trinajstić information content (AvgIpc) is 1.90. The van der Waals surface area contributed by atoms with E-state index in [0.717, 1.165) is 6.42 Å². The molecular weight excluding hydrogens is 148 g/mol. The third-order valence-corrected chi connectivity index (χ3v) is 1.15. The third kappa shape index (κ3) is 2.70. The predicted molar refractivity (Wildman–Crippen MR) is 34.7 cm³/mol. The van der Waals surface area contributed by atoms with Gasteiger partial charge in [-0.25, -0.2) is 0 Å². The normalized spacial score (nSPS) is 8.11. The first-order valence-corrected chi connectivity index (χ1v) is 2.89. The van der Waals surface area contributed by atoms with Crippen molar-refractivity contribution >= 4 is 0 Å². The van der Waals surface area contributed by atoms with Crippen molar-refractivity contribution in [2.75, 3.05) is 0 Å². The van der Waals surface area contributed by atoms with Gasteiger partial charge in [0, 0.05) is 17.4 Å². The van der Waals surface area contributed by atoms with E-state index in [1.54, 1.807) is 0 Å².